The van der Waals surface area contributed by atoms with Gasteiger partial charge in [0.05, 0.1) is 6.10 Å². The predicted molar refractivity (Wildman–Crippen MR) is 154 cm³/mol. The second-order valence-electron chi connectivity index (χ2n) is 14.0. The predicted octanol–water partition coefficient (Wildman–Crippen LogP) is 9.06. The molecule has 0 spiro atoms. The van der Waals surface area contributed by atoms with Crippen LogP contribution < -0.4 is 0 Å². The molecule has 1 fully saturated rings. The van der Waals surface area contributed by atoms with Gasteiger partial charge in [-0.15, -0.1) is 6.42 Å². The van der Waals surface area contributed by atoms with E-state index in [9.17, 15) is 0 Å². The molecule has 4 heteroatoms. The number of terminal acetylenes is 1. The molecule has 1 saturated carbocycles. The van der Waals surface area contributed by atoms with Crippen LogP contribution in [0.3, 0.4) is 0 Å². The Kier molecular flexibility index (Phi) is 9.63. The minimum atomic E-state index is -1.95. The van der Waals surface area contributed by atoms with Gasteiger partial charge in [0, 0.05) is 24.4 Å². The van der Waals surface area contributed by atoms with Gasteiger partial charge in [0.2, 0.25) is 8.32 Å². The normalized spacial score (nSPS) is 31.0. The van der Waals surface area contributed by atoms with E-state index < -0.39 is 16.6 Å². The van der Waals surface area contributed by atoms with Gasteiger partial charge in [-0.05, 0) is 66.4 Å². The summed E-state index contributed by atoms with van der Waals surface area (Å²) in [7, 11) is -3.79. The van der Waals surface area contributed by atoms with Gasteiger partial charge >= 0.3 is 0 Å². The van der Waals surface area contributed by atoms with Crippen molar-refractivity contribution in [2.75, 3.05) is 6.61 Å². The summed E-state index contributed by atoms with van der Waals surface area (Å²) in [5, 5.41) is 0.207. The van der Waals surface area contributed by atoms with Crippen LogP contribution in [0.5, 0.6) is 0 Å². The van der Waals surface area contributed by atoms with Crippen LogP contribution in [0, 0.1) is 41.9 Å². The van der Waals surface area contributed by atoms with E-state index in [0.717, 1.165) is 6.61 Å². The smallest absolute Gasteiger partial charge is 0.200 e. The molecule has 0 heterocycles. The van der Waals surface area contributed by atoms with Crippen LogP contribution >= 0.6 is 0 Å². The second kappa shape index (κ2) is 11.0. The highest BCUT2D eigenvalue weighted by molar-refractivity contribution is 6.77. The quantitative estimate of drug-likeness (QED) is 0.186. The Bertz CT molecular complexity index is 731. The SMILES string of the molecule is C#C[C@@H]1C(C)=C[C@@H]2[C@H]([C@@H]1CO[Si](C)(C)C(C)(C)C)[C@@H](C)CC[C@@H]2O[Si](C(C)C)(C(C)C)C(C)C. The standard InChI is InChI=1S/C30H56O2Si2/c1-15-25-24(9)18-26-28(32-34(20(2)3,21(4)5)22(6)7)17-16-23(8)29(26)27(25)19-31-33(13,14)30(10,11)12/h1,18,20-23,25-29H,16-17,19H2,2-14H3/t23-,25+,26-,27+,28-,29+/m0/s1. The molecule has 2 aliphatic carbocycles. The van der Waals surface area contributed by atoms with Gasteiger partial charge in [-0.3, -0.25) is 0 Å². The molecule has 0 aromatic heterocycles. The van der Waals surface area contributed by atoms with Crippen molar-refractivity contribution in [3.05, 3.63) is 11.6 Å². The van der Waals surface area contributed by atoms with E-state index in [-0.39, 0.29) is 11.0 Å². The highest BCUT2D eigenvalue weighted by Crippen LogP contribution is 2.52. The van der Waals surface area contributed by atoms with Gasteiger partial charge in [0.15, 0.2) is 8.32 Å². The van der Waals surface area contributed by atoms with Crippen LogP contribution in [0.2, 0.25) is 34.8 Å². The maximum Gasteiger partial charge on any atom is 0.200 e. The number of hydrogen-bond acceptors (Lipinski definition) is 2. The number of allylic oxidation sites excluding steroid dienone is 1. The lowest BCUT2D eigenvalue weighted by Gasteiger charge is -2.53. The first-order valence-corrected chi connectivity index (χ1v) is 19.0. The number of hydrogen-bond donors (Lipinski definition) is 0. The minimum Gasteiger partial charge on any atom is -0.416 e. The lowest BCUT2D eigenvalue weighted by atomic mass is 9.58. The molecule has 2 aliphatic rings. The summed E-state index contributed by atoms with van der Waals surface area (Å²) < 4.78 is 14.3. The Balaban J connectivity index is 2.45. The van der Waals surface area contributed by atoms with Crippen LogP contribution in [-0.2, 0) is 8.85 Å². The maximum absolute atomic E-state index is 7.46. The third kappa shape index (κ3) is 5.63. The highest BCUT2D eigenvalue weighted by Gasteiger charge is 2.52. The first-order chi connectivity index (χ1) is 15.5. The van der Waals surface area contributed by atoms with Crippen LogP contribution in [0.25, 0.3) is 0 Å². The average molecular weight is 505 g/mol. The van der Waals surface area contributed by atoms with Crippen LogP contribution in [0.15, 0.2) is 11.6 Å². The Labute approximate surface area is 215 Å². The van der Waals surface area contributed by atoms with Crippen molar-refractivity contribution >= 4 is 16.6 Å². The summed E-state index contributed by atoms with van der Waals surface area (Å²) in [5.74, 6) is 5.37. The van der Waals surface area contributed by atoms with Gasteiger partial charge in [0.25, 0.3) is 0 Å². The molecule has 34 heavy (non-hydrogen) atoms. The highest BCUT2D eigenvalue weighted by atomic mass is 28.4. The molecule has 2 nitrogen and oxygen atoms in total. The topological polar surface area (TPSA) is 18.5 Å². The van der Waals surface area contributed by atoms with Gasteiger partial charge in [-0.1, -0.05) is 86.8 Å². The van der Waals surface area contributed by atoms with E-state index in [1.54, 1.807) is 0 Å². The molecular weight excluding hydrogens is 449 g/mol. The summed E-state index contributed by atoms with van der Waals surface area (Å²) in [4.78, 5) is 0. The van der Waals surface area contributed by atoms with Crippen molar-refractivity contribution < 1.29 is 8.85 Å². The third-order valence-corrected chi connectivity index (χ3v) is 20.6. The molecular formula is C30H56O2Si2. The zero-order valence-corrected chi connectivity index (χ0v) is 26.8. The zero-order chi connectivity index (χ0) is 26.2. The van der Waals surface area contributed by atoms with Crippen molar-refractivity contribution in [1.29, 1.82) is 0 Å². The van der Waals surface area contributed by atoms with E-state index in [1.807, 2.05) is 0 Å². The summed E-state index contributed by atoms with van der Waals surface area (Å²) in [5.41, 5.74) is 3.18. The molecule has 0 N–H and O–H groups in total. The van der Waals surface area contributed by atoms with E-state index >= 15 is 0 Å². The van der Waals surface area contributed by atoms with Crippen molar-refractivity contribution in [2.45, 2.75) is 130 Å². The summed E-state index contributed by atoms with van der Waals surface area (Å²) >= 11 is 0. The van der Waals surface area contributed by atoms with E-state index in [4.69, 9.17) is 15.3 Å². The summed E-state index contributed by atoms with van der Waals surface area (Å²) in [6.45, 7) is 31.6. The fraction of sp³-hybridized carbons (Fsp3) is 0.867. The fourth-order valence-electron chi connectivity index (χ4n) is 7.12. The first kappa shape index (κ1) is 29.9. The molecule has 0 radical (unpaired) electrons. The van der Waals surface area contributed by atoms with E-state index in [0.29, 0.717) is 46.4 Å². The Hall–Kier alpha value is -0.346. The molecule has 6 atom stereocenters. The monoisotopic (exact) mass is 504 g/mol. The lowest BCUT2D eigenvalue weighted by Crippen LogP contribution is -2.55. The molecule has 0 amide bonds. The minimum absolute atomic E-state index is 0.175. The van der Waals surface area contributed by atoms with Crippen LogP contribution in [0.4, 0.5) is 0 Å². The second-order valence-corrected chi connectivity index (χ2v) is 24.2. The Morgan fingerprint density at radius 2 is 1.56 bits per heavy atom. The lowest BCUT2D eigenvalue weighted by molar-refractivity contribution is -0.0167. The first-order valence-electron chi connectivity index (χ1n) is 14.0. The van der Waals surface area contributed by atoms with Gasteiger partial charge in [-0.2, -0.15) is 0 Å². The fourth-order valence-corrected chi connectivity index (χ4v) is 13.8. The number of fused-ring (bicyclic) bond motifs is 1. The Morgan fingerprint density at radius 3 is 2.00 bits per heavy atom. The van der Waals surface area contributed by atoms with Crippen molar-refractivity contribution in [3.63, 3.8) is 0 Å². The molecule has 0 unspecified atom stereocenters. The van der Waals surface area contributed by atoms with Crippen LogP contribution in [-0.4, -0.2) is 29.3 Å². The molecule has 2 rings (SSSR count). The molecule has 0 aliphatic heterocycles. The van der Waals surface area contributed by atoms with Gasteiger partial charge in [0.1, 0.15) is 0 Å². The molecule has 0 bridgehead atoms. The van der Waals surface area contributed by atoms with Gasteiger partial charge < -0.3 is 8.85 Å². The molecule has 0 aromatic carbocycles. The van der Waals surface area contributed by atoms with E-state index in [1.165, 1.54) is 18.4 Å². The van der Waals surface area contributed by atoms with Crippen molar-refractivity contribution in [3.8, 4) is 12.3 Å². The summed E-state index contributed by atoms with van der Waals surface area (Å²) in [6.07, 6.45) is 11.4. The van der Waals surface area contributed by atoms with Crippen molar-refractivity contribution in [2.24, 2.45) is 29.6 Å². The third-order valence-electron chi connectivity index (χ3n) is 9.99. The van der Waals surface area contributed by atoms with Crippen LogP contribution in [0.1, 0.15) is 89.0 Å². The van der Waals surface area contributed by atoms with Crippen molar-refractivity contribution in [1.82, 2.24) is 0 Å². The maximum atomic E-state index is 7.46. The Morgan fingerprint density at radius 1 is 1.03 bits per heavy atom. The summed E-state index contributed by atoms with van der Waals surface area (Å²) in [6, 6.07) is 0. The largest absolute Gasteiger partial charge is 0.416 e. The van der Waals surface area contributed by atoms with E-state index in [2.05, 4.69) is 101 Å². The molecule has 196 valence electrons. The molecule has 0 saturated heterocycles. The average Bonchev–Trinajstić information content (AvgIpc) is 2.69. The zero-order valence-electron chi connectivity index (χ0n) is 24.8. The number of rotatable bonds is 8. The molecule has 0 aromatic rings. The van der Waals surface area contributed by atoms with Gasteiger partial charge in [-0.25, -0.2) is 0 Å².